The molecule has 0 spiro atoms. The van der Waals surface area contributed by atoms with Gasteiger partial charge in [-0.3, -0.25) is 4.79 Å². The summed E-state index contributed by atoms with van der Waals surface area (Å²) in [6.07, 6.45) is 2.84. The molecule has 2 aliphatic heterocycles. The van der Waals surface area contributed by atoms with Gasteiger partial charge < -0.3 is 10.2 Å². The topological polar surface area (TPSA) is 32.3 Å². The molecular weight excluding hydrogens is 232 g/mol. The molecule has 3 nitrogen and oxygen atoms in total. The van der Waals surface area contributed by atoms with E-state index in [1.54, 1.807) is 11.3 Å². The summed E-state index contributed by atoms with van der Waals surface area (Å²) >= 11 is 1.81. The summed E-state index contributed by atoms with van der Waals surface area (Å²) in [5.41, 5.74) is 1.36. The lowest BCUT2D eigenvalue weighted by Crippen LogP contribution is -2.37. The Morgan fingerprint density at radius 3 is 3.24 bits per heavy atom. The summed E-state index contributed by atoms with van der Waals surface area (Å²) < 4.78 is 0. The molecule has 0 saturated carbocycles. The molecule has 3 heterocycles. The monoisotopic (exact) mass is 250 g/mol. The highest BCUT2D eigenvalue weighted by atomic mass is 32.1. The molecule has 1 aromatic heterocycles. The first-order valence-electron chi connectivity index (χ1n) is 6.31. The van der Waals surface area contributed by atoms with Crippen molar-refractivity contribution >= 4 is 17.2 Å². The van der Waals surface area contributed by atoms with Gasteiger partial charge in [-0.15, -0.1) is 11.3 Å². The second-order valence-electron chi connectivity index (χ2n) is 4.98. The van der Waals surface area contributed by atoms with Crippen molar-refractivity contribution in [3.63, 3.8) is 0 Å². The third-order valence-electron chi connectivity index (χ3n) is 3.97. The van der Waals surface area contributed by atoms with Crippen molar-refractivity contribution in [3.05, 3.63) is 21.9 Å². The molecule has 2 atom stereocenters. The van der Waals surface area contributed by atoms with Crippen LogP contribution in [0.25, 0.3) is 0 Å². The second-order valence-corrected chi connectivity index (χ2v) is 5.99. The maximum atomic E-state index is 11.9. The number of likely N-dealkylation sites (tertiary alicyclic amines) is 1. The number of nitrogens with zero attached hydrogens (tertiary/aromatic N) is 1. The second kappa shape index (κ2) is 4.42. The number of nitrogens with one attached hydrogen (secondary N) is 1. The fourth-order valence-corrected chi connectivity index (χ4v) is 3.90. The predicted molar refractivity (Wildman–Crippen MR) is 69.3 cm³/mol. The molecule has 0 aromatic carbocycles. The van der Waals surface area contributed by atoms with Crippen LogP contribution in [0.15, 0.2) is 11.4 Å². The Labute approximate surface area is 106 Å². The zero-order valence-corrected chi connectivity index (χ0v) is 10.9. The van der Waals surface area contributed by atoms with E-state index < -0.39 is 0 Å². The smallest absolute Gasteiger partial charge is 0.224 e. The molecule has 1 aromatic rings. The highest BCUT2D eigenvalue weighted by Gasteiger charge is 2.41. The number of thiophene rings is 1. The van der Waals surface area contributed by atoms with Crippen LogP contribution >= 0.6 is 11.3 Å². The number of carbonyl (C=O) groups is 1. The van der Waals surface area contributed by atoms with Crippen LogP contribution in [0.3, 0.4) is 0 Å². The molecule has 2 aliphatic rings. The highest BCUT2D eigenvalue weighted by molar-refractivity contribution is 7.10. The van der Waals surface area contributed by atoms with E-state index in [2.05, 4.69) is 28.6 Å². The number of amides is 1. The minimum absolute atomic E-state index is 0.335. The van der Waals surface area contributed by atoms with Crippen molar-refractivity contribution in [1.82, 2.24) is 10.2 Å². The van der Waals surface area contributed by atoms with E-state index >= 15 is 0 Å². The fraction of sp³-hybridized carbons (Fsp3) is 0.615. The molecule has 1 N–H and O–H groups in total. The standard InChI is InChI=1S/C13H18N2OS/c1-9-4-7-17-12(9)3-6-15-11-2-5-14-10(11)8-13(15)16/h4,7,10-11,14H,2-3,5-6,8H2,1H3/t10-,11-/m1/s1. The Morgan fingerprint density at radius 2 is 2.47 bits per heavy atom. The molecule has 4 heteroatoms. The fourth-order valence-electron chi connectivity index (χ4n) is 3.00. The molecular formula is C13H18N2OS. The Balaban J connectivity index is 1.65. The minimum atomic E-state index is 0.335. The molecule has 92 valence electrons. The van der Waals surface area contributed by atoms with Gasteiger partial charge in [-0.25, -0.2) is 0 Å². The van der Waals surface area contributed by atoms with Crippen LogP contribution in [-0.4, -0.2) is 36.0 Å². The predicted octanol–water partition coefficient (Wildman–Crippen LogP) is 1.56. The van der Waals surface area contributed by atoms with Crippen LogP contribution < -0.4 is 5.32 Å². The molecule has 0 aliphatic carbocycles. The van der Waals surface area contributed by atoms with Gasteiger partial charge in [0.15, 0.2) is 0 Å². The van der Waals surface area contributed by atoms with E-state index in [0.717, 1.165) is 25.9 Å². The Bertz CT molecular complexity index is 429. The molecule has 2 fully saturated rings. The number of aryl methyl sites for hydroxylation is 1. The first kappa shape index (κ1) is 11.2. The van der Waals surface area contributed by atoms with Gasteiger partial charge in [0.2, 0.25) is 5.91 Å². The Morgan fingerprint density at radius 1 is 1.59 bits per heavy atom. The molecule has 17 heavy (non-hydrogen) atoms. The third-order valence-corrected chi connectivity index (χ3v) is 5.06. The number of fused-ring (bicyclic) bond motifs is 1. The largest absolute Gasteiger partial charge is 0.338 e. The zero-order chi connectivity index (χ0) is 11.8. The first-order chi connectivity index (χ1) is 8.25. The molecule has 0 radical (unpaired) electrons. The van der Waals surface area contributed by atoms with Crippen LogP contribution in [0.1, 0.15) is 23.3 Å². The summed E-state index contributed by atoms with van der Waals surface area (Å²) in [5.74, 6) is 0.335. The van der Waals surface area contributed by atoms with Gasteiger partial charge in [-0.1, -0.05) is 0 Å². The lowest BCUT2D eigenvalue weighted by Gasteiger charge is -2.23. The van der Waals surface area contributed by atoms with E-state index in [-0.39, 0.29) is 0 Å². The lowest BCUT2D eigenvalue weighted by atomic mass is 10.1. The van der Waals surface area contributed by atoms with Crippen molar-refractivity contribution in [3.8, 4) is 0 Å². The Kier molecular flexibility index (Phi) is 2.92. The van der Waals surface area contributed by atoms with E-state index in [1.807, 2.05) is 0 Å². The summed E-state index contributed by atoms with van der Waals surface area (Å²) in [4.78, 5) is 15.4. The number of hydrogen-bond donors (Lipinski definition) is 1. The Hall–Kier alpha value is -0.870. The lowest BCUT2D eigenvalue weighted by molar-refractivity contribution is -0.129. The first-order valence-corrected chi connectivity index (χ1v) is 7.19. The molecule has 0 unspecified atom stereocenters. The number of rotatable bonds is 3. The van der Waals surface area contributed by atoms with E-state index in [0.29, 0.717) is 24.4 Å². The highest BCUT2D eigenvalue weighted by Crippen LogP contribution is 2.27. The van der Waals surface area contributed by atoms with Gasteiger partial charge in [0, 0.05) is 29.9 Å². The van der Waals surface area contributed by atoms with Crippen molar-refractivity contribution in [2.45, 2.75) is 38.3 Å². The average Bonchev–Trinajstić information content (AvgIpc) is 2.94. The maximum Gasteiger partial charge on any atom is 0.224 e. The van der Waals surface area contributed by atoms with Gasteiger partial charge in [-0.2, -0.15) is 0 Å². The summed E-state index contributed by atoms with van der Waals surface area (Å²) in [7, 11) is 0. The van der Waals surface area contributed by atoms with Gasteiger partial charge in [0.05, 0.1) is 0 Å². The quantitative estimate of drug-likeness (QED) is 0.883. The van der Waals surface area contributed by atoms with Crippen molar-refractivity contribution in [1.29, 1.82) is 0 Å². The van der Waals surface area contributed by atoms with Crippen LogP contribution in [-0.2, 0) is 11.2 Å². The third kappa shape index (κ3) is 2.00. The maximum absolute atomic E-state index is 11.9. The zero-order valence-electron chi connectivity index (χ0n) is 10.1. The van der Waals surface area contributed by atoms with Crippen LogP contribution in [0, 0.1) is 6.92 Å². The van der Waals surface area contributed by atoms with Crippen molar-refractivity contribution < 1.29 is 4.79 Å². The van der Waals surface area contributed by atoms with Gasteiger partial charge in [-0.05, 0) is 43.3 Å². The summed E-state index contributed by atoms with van der Waals surface area (Å²) in [5, 5.41) is 5.56. The summed E-state index contributed by atoms with van der Waals surface area (Å²) in [6.45, 7) is 4.11. The molecule has 1 amide bonds. The van der Waals surface area contributed by atoms with E-state index in [9.17, 15) is 4.79 Å². The molecule has 3 rings (SSSR count). The van der Waals surface area contributed by atoms with Gasteiger partial charge in [0.25, 0.3) is 0 Å². The van der Waals surface area contributed by atoms with Gasteiger partial charge >= 0.3 is 0 Å². The normalized spacial score (nSPS) is 27.8. The molecule has 0 bridgehead atoms. The number of hydrogen-bond acceptors (Lipinski definition) is 3. The van der Waals surface area contributed by atoms with Crippen molar-refractivity contribution in [2.24, 2.45) is 0 Å². The van der Waals surface area contributed by atoms with E-state index in [4.69, 9.17) is 0 Å². The van der Waals surface area contributed by atoms with Crippen LogP contribution in [0.2, 0.25) is 0 Å². The average molecular weight is 250 g/mol. The van der Waals surface area contributed by atoms with Gasteiger partial charge in [0.1, 0.15) is 0 Å². The van der Waals surface area contributed by atoms with Crippen LogP contribution in [0.5, 0.6) is 0 Å². The molecule has 2 saturated heterocycles. The van der Waals surface area contributed by atoms with Crippen LogP contribution in [0.4, 0.5) is 0 Å². The van der Waals surface area contributed by atoms with Crippen molar-refractivity contribution in [2.75, 3.05) is 13.1 Å². The minimum Gasteiger partial charge on any atom is -0.338 e. The van der Waals surface area contributed by atoms with E-state index in [1.165, 1.54) is 10.4 Å². The SMILES string of the molecule is Cc1ccsc1CCN1C(=O)C[C@H]2NCC[C@H]21. The number of carbonyl (C=O) groups excluding carboxylic acids is 1. The summed E-state index contributed by atoms with van der Waals surface area (Å²) in [6, 6.07) is 3.04.